The lowest BCUT2D eigenvalue weighted by atomic mass is 10.1. The molecule has 3 heterocycles. The van der Waals surface area contributed by atoms with Crippen LogP contribution in [-0.2, 0) is 17.7 Å². The maximum absolute atomic E-state index is 13.1. The zero-order valence-electron chi connectivity index (χ0n) is 17.7. The number of aryl methyl sites for hydroxylation is 1. The van der Waals surface area contributed by atoms with E-state index in [-0.39, 0.29) is 23.9 Å². The van der Waals surface area contributed by atoms with Crippen LogP contribution in [0.2, 0.25) is 0 Å². The Kier molecular flexibility index (Phi) is 6.76. The van der Waals surface area contributed by atoms with Crippen LogP contribution in [0, 0.1) is 12.7 Å². The third-order valence-electron chi connectivity index (χ3n) is 4.97. The number of hydrogen-bond donors (Lipinski definition) is 1. The highest BCUT2D eigenvalue weighted by atomic mass is 32.1. The molecule has 3 aromatic rings. The maximum Gasteiger partial charge on any atom is 0.269 e. The lowest BCUT2D eigenvalue weighted by Crippen LogP contribution is -2.44. The van der Waals surface area contributed by atoms with Gasteiger partial charge in [-0.3, -0.25) is 15.0 Å². The molecule has 9 heteroatoms. The molecule has 6 nitrogen and oxygen atoms in total. The Morgan fingerprint density at radius 2 is 1.94 bits per heavy atom. The smallest absolute Gasteiger partial charge is 0.269 e. The first-order valence-corrected chi connectivity index (χ1v) is 11.9. The fourth-order valence-corrected chi connectivity index (χ4v) is 5.44. The van der Waals surface area contributed by atoms with Gasteiger partial charge in [0.25, 0.3) is 5.91 Å². The molecule has 1 aliphatic heterocycles. The van der Waals surface area contributed by atoms with Gasteiger partial charge >= 0.3 is 0 Å². The Balaban J connectivity index is 1.37. The molecule has 0 spiro atoms. The number of anilines is 1. The lowest BCUT2D eigenvalue weighted by Gasteiger charge is -2.34. The van der Waals surface area contributed by atoms with Gasteiger partial charge in [-0.1, -0.05) is 12.1 Å². The van der Waals surface area contributed by atoms with Crippen molar-refractivity contribution in [2.24, 2.45) is 0 Å². The SMILES string of the molecule is Cc1nc(Cc2ccc(F)cc2)sc1C(=O)Nc1nc(CN2C[C@@H](C)O[C@H](C)C2)cs1. The van der Waals surface area contributed by atoms with Gasteiger partial charge < -0.3 is 4.74 Å². The van der Waals surface area contributed by atoms with E-state index in [1.807, 2.05) is 12.3 Å². The minimum atomic E-state index is -0.264. The number of halogens is 1. The molecule has 2 atom stereocenters. The van der Waals surface area contributed by atoms with Crippen LogP contribution in [0.25, 0.3) is 0 Å². The van der Waals surface area contributed by atoms with Gasteiger partial charge in [0.1, 0.15) is 10.7 Å². The number of benzene rings is 1. The number of aromatic nitrogens is 2. The van der Waals surface area contributed by atoms with Crippen molar-refractivity contribution in [2.75, 3.05) is 18.4 Å². The van der Waals surface area contributed by atoms with Gasteiger partial charge in [-0.25, -0.2) is 14.4 Å². The fraction of sp³-hybridized carbons (Fsp3) is 0.409. The molecule has 0 bridgehead atoms. The van der Waals surface area contributed by atoms with Gasteiger partial charge in [-0.2, -0.15) is 0 Å². The third-order valence-corrected chi connectivity index (χ3v) is 6.93. The molecule has 1 fully saturated rings. The van der Waals surface area contributed by atoms with E-state index in [2.05, 4.69) is 34.0 Å². The summed E-state index contributed by atoms with van der Waals surface area (Å²) in [7, 11) is 0. The quantitative estimate of drug-likeness (QED) is 0.587. The summed E-state index contributed by atoms with van der Waals surface area (Å²) in [6.07, 6.45) is 0.983. The predicted octanol–water partition coefficient (Wildman–Crippen LogP) is 4.50. The van der Waals surface area contributed by atoms with Crippen LogP contribution in [0.5, 0.6) is 0 Å². The van der Waals surface area contributed by atoms with Gasteiger partial charge in [0.05, 0.1) is 28.6 Å². The normalized spacial score (nSPS) is 19.5. The molecule has 1 saturated heterocycles. The van der Waals surface area contributed by atoms with Crippen LogP contribution in [0.4, 0.5) is 9.52 Å². The topological polar surface area (TPSA) is 67.4 Å². The fourth-order valence-electron chi connectivity index (χ4n) is 3.75. The van der Waals surface area contributed by atoms with Crippen LogP contribution in [0.1, 0.15) is 45.5 Å². The summed E-state index contributed by atoms with van der Waals surface area (Å²) in [5.74, 6) is -0.463. The number of rotatable bonds is 6. The second-order valence-corrected chi connectivity index (χ2v) is 9.82. The van der Waals surface area contributed by atoms with E-state index in [0.29, 0.717) is 22.1 Å². The number of morpholine rings is 1. The van der Waals surface area contributed by atoms with Gasteiger partial charge in [0.15, 0.2) is 5.13 Å². The first-order chi connectivity index (χ1) is 14.9. The van der Waals surface area contributed by atoms with Gasteiger partial charge in [0, 0.05) is 31.4 Å². The summed E-state index contributed by atoms with van der Waals surface area (Å²) < 4.78 is 18.9. The molecule has 0 saturated carbocycles. The number of carbonyl (C=O) groups is 1. The predicted molar refractivity (Wildman–Crippen MR) is 121 cm³/mol. The number of thiazole rings is 2. The van der Waals surface area contributed by atoms with Crippen LogP contribution in [0.15, 0.2) is 29.6 Å². The monoisotopic (exact) mass is 460 g/mol. The second-order valence-electron chi connectivity index (χ2n) is 7.87. The highest BCUT2D eigenvalue weighted by molar-refractivity contribution is 7.15. The summed E-state index contributed by atoms with van der Waals surface area (Å²) in [5.41, 5.74) is 2.59. The Morgan fingerprint density at radius 1 is 1.23 bits per heavy atom. The largest absolute Gasteiger partial charge is 0.373 e. The highest BCUT2D eigenvalue weighted by Crippen LogP contribution is 2.24. The maximum atomic E-state index is 13.1. The van der Waals surface area contributed by atoms with Crippen LogP contribution >= 0.6 is 22.7 Å². The molecule has 164 valence electrons. The zero-order valence-corrected chi connectivity index (χ0v) is 19.4. The van der Waals surface area contributed by atoms with Crippen molar-refractivity contribution in [3.8, 4) is 0 Å². The molecular formula is C22H25FN4O2S2. The van der Waals surface area contributed by atoms with Crippen LogP contribution in [-0.4, -0.2) is 46.1 Å². The molecule has 1 aromatic carbocycles. The molecule has 1 amide bonds. The van der Waals surface area contributed by atoms with Crippen molar-refractivity contribution in [1.29, 1.82) is 0 Å². The van der Waals surface area contributed by atoms with Crippen molar-refractivity contribution < 1.29 is 13.9 Å². The van der Waals surface area contributed by atoms with Crippen molar-refractivity contribution in [3.05, 3.63) is 62.3 Å². The number of carbonyl (C=O) groups excluding carboxylic acids is 1. The molecule has 0 radical (unpaired) electrons. The zero-order chi connectivity index (χ0) is 22.0. The van der Waals surface area contributed by atoms with E-state index in [4.69, 9.17) is 4.74 Å². The van der Waals surface area contributed by atoms with Crippen molar-refractivity contribution in [3.63, 3.8) is 0 Å². The average Bonchev–Trinajstić information content (AvgIpc) is 3.28. The molecule has 31 heavy (non-hydrogen) atoms. The molecular weight excluding hydrogens is 435 g/mol. The van der Waals surface area contributed by atoms with E-state index in [1.165, 1.54) is 34.8 Å². The summed E-state index contributed by atoms with van der Waals surface area (Å²) in [6, 6.07) is 6.33. The van der Waals surface area contributed by atoms with Crippen LogP contribution in [0.3, 0.4) is 0 Å². The molecule has 1 N–H and O–H groups in total. The number of ether oxygens (including phenoxy) is 1. The molecule has 0 aliphatic carbocycles. The first-order valence-electron chi connectivity index (χ1n) is 10.2. The minimum Gasteiger partial charge on any atom is -0.373 e. The van der Waals surface area contributed by atoms with Crippen molar-refractivity contribution in [2.45, 2.75) is 45.9 Å². The van der Waals surface area contributed by atoms with E-state index in [9.17, 15) is 9.18 Å². The second kappa shape index (κ2) is 9.52. The molecule has 4 rings (SSSR count). The third kappa shape index (κ3) is 5.74. The lowest BCUT2D eigenvalue weighted by molar-refractivity contribution is -0.0707. The number of amides is 1. The first kappa shape index (κ1) is 22.0. The van der Waals surface area contributed by atoms with Gasteiger partial charge in [0.2, 0.25) is 0 Å². The number of nitrogens with zero attached hydrogens (tertiary/aromatic N) is 3. The Hall–Kier alpha value is -2.20. The summed E-state index contributed by atoms with van der Waals surface area (Å²) in [4.78, 5) is 24.8. The van der Waals surface area contributed by atoms with E-state index < -0.39 is 0 Å². The number of hydrogen-bond acceptors (Lipinski definition) is 7. The summed E-state index contributed by atoms with van der Waals surface area (Å²) in [6.45, 7) is 8.48. The minimum absolute atomic E-state index is 0.199. The Labute approximate surface area is 189 Å². The Morgan fingerprint density at radius 3 is 2.65 bits per heavy atom. The molecule has 1 aliphatic rings. The van der Waals surface area contributed by atoms with Gasteiger partial charge in [-0.05, 0) is 38.5 Å². The van der Waals surface area contributed by atoms with Crippen LogP contribution < -0.4 is 5.32 Å². The van der Waals surface area contributed by atoms with Gasteiger partial charge in [-0.15, -0.1) is 22.7 Å². The average molecular weight is 461 g/mol. The van der Waals surface area contributed by atoms with Crippen molar-refractivity contribution >= 4 is 33.7 Å². The van der Waals surface area contributed by atoms with Crippen molar-refractivity contribution in [1.82, 2.24) is 14.9 Å². The molecule has 0 unspecified atom stereocenters. The summed E-state index contributed by atoms with van der Waals surface area (Å²) in [5, 5.41) is 6.30. The van der Waals surface area contributed by atoms with E-state index in [0.717, 1.165) is 35.9 Å². The number of nitrogens with one attached hydrogen (secondary N) is 1. The Bertz CT molecular complexity index is 1040. The van der Waals surface area contributed by atoms with E-state index >= 15 is 0 Å². The standard InChI is InChI=1S/C22H25FN4O2S2/c1-13-9-27(10-14(2)29-13)11-18-12-30-22(25-18)26-21(28)20-15(3)24-19(31-20)8-16-4-6-17(23)7-5-16/h4-7,12-14H,8-11H2,1-3H3,(H,25,26,28)/t13-,14-/m1/s1. The summed E-state index contributed by atoms with van der Waals surface area (Å²) >= 11 is 2.79. The molecule has 2 aromatic heterocycles. The highest BCUT2D eigenvalue weighted by Gasteiger charge is 2.23. The van der Waals surface area contributed by atoms with E-state index in [1.54, 1.807) is 12.1 Å².